The van der Waals surface area contributed by atoms with Gasteiger partial charge >= 0.3 is 11.1 Å². The van der Waals surface area contributed by atoms with Gasteiger partial charge in [0.2, 0.25) is 0 Å². The number of anilines is 1. The second-order valence-electron chi connectivity index (χ2n) is 3.94. The van der Waals surface area contributed by atoms with Crippen molar-refractivity contribution >= 4 is 28.5 Å². The maximum Gasteiger partial charge on any atom is 0.314 e. The summed E-state index contributed by atoms with van der Waals surface area (Å²) in [6, 6.07) is 5.49. The van der Waals surface area contributed by atoms with Crippen LogP contribution in [0.2, 0.25) is 0 Å². The first-order valence-corrected chi connectivity index (χ1v) is 7.09. The number of H-pyrrole nitrogens is 2. The molecule has 3 N–H and O–H groups in total. The quantitative estimate of drug-likeness (QED) is 0.564. The monoisotopic (exact) mass is 265 g/mol. The average Bonchev–Trinajstić information content (AvgIpc) is 2.36. The lowest BCUT2D eigenvalue weighted by Gasteiger charge is -2.06. The van der Waals surface area contributed by atoms with Crippen LogP contribution in [0.4, 0.5) is 5.69 Å². The SMILES string of the molecule is CSCCCNc1ccc2[nH]c(=O)c(=O)[nH]c2c1. The van der Waals surface area contributed by atoms with Crippen LogP contribution >= 0.6 is 11.8 Å². The van der Waals surface area contributed by atoms with Gasteiger partial charge in [0.15, 0.2) is 0 Å². The predicted octanol–water partition coefficient (Wildman–Crippen LogP) is 1.38. The van der Waals surface area contributed by atoms with Gasteiger partial charge in [0.05, 0.1) is 11.0 Å². The maximum absolute atomic E-state index is 11.2. The minimum atomic E-state index is -0.623. The molecule has 18 heavy (non-hydrogen) atoms. The van der Waals surface area contributed by atoms with Crippen molar-refractivity contribution in [2.75, 3.05) is 23.9 Å². The molecule has 1 aromatic carbocycles. The van der Waals surface area contributed by atoms with E-state index in [-0.39, 0.29) is 0 Å². The third-order valence-electron chi connectivity index (χ3n) is 2.58. The molecule has 0 saturated carbocycles. The van der Waals surface area contributed by atoms with Crippen LogP contribution in [0.15, 0.2) is 27.8 Å². The molecule has 0 atom stereocenters. The molecule has 0 fully saturated rings. The van der Waals surface area contributed by atoms with Crippen molar-refractivity contribution in [2.45, 2.75) is 6.42 Å². The van der Waals surface area contributed by atoms with Crippen LogP contribution in [0.5, 0.6) is 0 Å². The molecule has 0 aliphatic rings. The Morgan fingerprint density at radius 3 is 2.61 bits per heavy atom. The van der Waals surface area contributed by atoms with Crippen molar-refractivity contribution in [1.29, 1.82) is 0 Å². The fourth-order valence-electron chi connectivity index (χ4n) is 1.67. The summed E-state index contributed by atoms with van der Waals surface area (Å²) in [6.07, 6.45) is 3.17. The Labute approximate surface area is 108 Å². The summed E-state index contributed by atoms with van der Waals surface area (Å²) in [5.41, 5.74) is 0.959. The van der Waals surface area contributed by atoms with Gasteiger partial charge in [0.25, 0.3) is 0 Å². The fourth-order valence-corrected chi connectivity index (χ4v) is 2.11. The Balaban J connectivity index is 2.19. The first-order chi connectivity index (χ1) is 8.70. The number of benzene rings is 1. The molecule has 96 valence electrons. The van der Waals surface area contributed by atoms with Gasteiger partial charge in [-0.3, -0.25) is 9.59 Å². The van der Waals surface area contributed by atoms with Crippen molar-refractivity contribution in [3.05, 3.63) is 38.9 Å². The second kappa shape index (κ2) is 5.77. The van der Waals surface area contributed by atoms with Crippen molar-refractivity contribution in [3.8, 4) is 0 Å². The van der Waals surface area contributed by atoms with Crippen LogP contribution in [0.25, 0.3) is 11.0 Å². The van der Waals surface area contributed by atoms with E-state index in [4.69, 9.17) is 0 Å². The van der Waals surface area contributed by atoms with Gasteiger partial charge in [0, 0.05) is 12.2 Å². The number of fused-ring (bicyclic) bond motifs is 1. The lowest BCUT2D eigenvalue weighted by Crippen LogP contribution is -2.28. The number of nitrogens with one attached hydrogen (secondary N) is 3. The largest absolute Gasteiger partial charge is 0.385 e. The van der Waals surface area contributed by atoms with Gasteiger partial charge in [-0.05, 0) is 36.6 Å². The van der Waals surface area contributed by atoms with Crippen LogP contribution in [0.3, 0.4) is 0 Å². The van der Waals surface area contributed by atoms with Crippen molar-refractivity contribution < 1.29 is 0 Å². The van der Waals surface area contributed by atoms with Gasteiger partial charge in [0.1, 0.15) is 0 Å². The molecule has 0 unspecified atom stereocenters. The molecule has 6 heteroatoms. The van der Waals surface area contributed by atoms with Gasteiger partial charge in [-0.25, -0.2) is 0 Å². The molecule has 0 spiro atoms. The highest BCUT2D eigenvalue weighted by molar-refractivity contribution is 7.98. The predicted molar refractivity (Wildman–Crippen MR) is 76.7 cm³/mol. The normalized spacial score (nSPS) is 10.7. The molecule has 0 saturated heterocycles. The standard InChI is InChI=1S/C12H15N3O2S/c1-18-6-2-5-13-8-3-4-9-10(7-8)15-12(17)11(16)14-9/h3-4,7,13H,2,5-6H2,1H3,(H,14,16)(H,15,17). The van der Waals surface area contributed by atoms with E-state index in [1.807, 2.05) is 23.9 Å². The zero-order valence-corrected chi connectivity index (χ0v) is 10.9. The van der Waals surface area contributed by atoms with Crippen LogP contribution in [-0.2, 0) is 0 Å². The summed E-state index contributed by atoms with van der Waals surface area (Å²) in [7, 11) is 0. The molecule has 5 nitrogen and oxygen atoms in total. The summed E-state index contributed by atoms with van der Waals surface area (Å²) < 4.78 is 0. The molecule has 2 rings (SSSR count). The second-order valence-corrected chi connectivity index (χ2v) is 4.93. The van der Waals surface area contributed by atoms with Gasteiger partial charge < -0.3 is 15.3 Å². The number of hydrogen-bond acceptors (Lipinski definition) is 4. The highest BCUT2D eigenvalue weighted by Gasteiger charge is 2.00. The van der Waals surface area contributed by atoms with Crippen LogP contribution in [0.1, 0.15) is 6.42 Å². The van der Waals surface area contributed by atoms with E-state index in [1.165, 1.54) is 0 Å². The molecule has 2 aromatic rings. The molecule has 0 bridgehead atoms. The van der Waals surface area contributed by atoms with Crippen LogP contribution in [0, 0.1) is 0 Å². The molecule has 0 aliphatic heterocycles. The Morgan fingerprint density at radius 2 is 1.89 bits per heavy atom. The summed E-state index contributed by atoms with van der Waals surface area (Å²) in [4.78, 5) is 27.5. The third kappa shape index (κ3) is 2.95. The van der Waals surface area contributed by atoms with Gasteiger partial charge in [-0.2, -0.15) is 11.8 Å². The maximum atomic E-state index is 11.2. The number of rotatable bonds is 5. The molecule has 0 amide bonds. The topological polar surface area (TPSA) is 77.8 Å². The lowest BCUT2D eigenvalue weighted by molar-refractivity contribution is 0.993. The number of aromatic amines is 2. The summed E-state index contributed by atoms with van der Waals surface area (Å²) in [6.45, 7) is 0.889. The van der Waals surface area contributed by atoms with Crippen LogP contribution in [-0.4, -0.2) is 28.5 Å². The van der Waals surface area contributed by atoms with E-state index in [2.05, 4.69) is 21.5 Å². The van der Waals surface area contributed by atoms with Crippen molar-refractivity contribution in [3.63, 3.8) is 0 Å². The van der Waals surface area contributed by atoms with Crippen molar-refractivity contribution in [2.24, 2.45) is 0 Å². The zero-order valence-electron chi connectivity index (χ0n) is 10.1. The Hall–Kier alpha value is -1.69. The molecular formula is C12H15N3O2S. The van der Waals surface area contributed by atoms with E-state index >= 15 is 0 Å². The van der Waals surface area contributed by atoms with Crippen molar-refractivity contribution in [1.82, 2.24) is 9.97 Å². The highest BCUT2D eigenvalue weighted by atomic mass is 32.2. The van der Waals surface area contributed by atoms with E-state index < -0.39 is 11.1 Å². The summed E-state index contributed by atoms with van der Waals surface area (Å²) in [5, 5.41) is 3.28. The Kier molecular flexibility index (Phi) is 4.09. The molecule has 1 aromatic heterocycles. The van der Waals surface area contributed by atoms with E-state index in [0.717, 1.165) is 24.4 Å². The number of thioether (sulfide) groups is 1. The minimum absolute atomic E-state index is 0.622. The minimum Gasteiger partial charge on any atom is -0.385 e. The van der Waals surface area contributed by atoms with E-state index in [1.54, 1.807) is 6.07 Å². The fraction of sp³-hybridized carbons (Fsp3) is 0.333. The highest BCUT2D eigenvalue weighted by Crippen LogP contribution is 2.13. The van der Waals surface area contributed by atoms with Crippen LogP contribution < -0.4 is 16.4 Å². The summed E-state index contributed by atoms with van der Waals surface area (Å²) >= 11 is 1.82. The zero-order chi connectivity index (χ0) is 13.0. The first kappa shape index (κ1) is 12.8. The molecule has 0 aliphatic carbocycles. The third-order valence-corrected chi connectivity index (χ3v) is 3.27. The smallest absolute Gasteiger partial charge is 0.314 e. The van der Waals surface area contributed by atoms with E-state index in [0.29, 0.717) is 11.0 Å². The number of aromatic nitrogens is 2. The Morgan fingerprint density at radius 1 is 1.17 bits per heavy atom. The van der Waals surface area contributed by atoms with Gasteiger partial charge in [-0.15, -0.1) is 0 Å². The van der Waals surface area contributed by atoms with E-state index in [9.17, 15) is 9.59 Å². The summed E-state index contributed by atoms with van der Waals surface area (Å²) in [5.74, 6) is 1.12. The first-order valence-electron chi connectivity index (χ1n) is 5.70. The Bertz CT molecular complexity index is 648. The number of hydrogen-bond donors (Lipinski definition) is 3. The average molecular weight is 265 g/mol. The lowest BCUT2D eigenvalue weighted by atomic mass is 10.2. The molecule has 0 radical (unpaired) electrons. The molecule has 1 heterocycles. The van der Waals surface area contributed by atoms with Gasteiger partial charge in [-0.1, -0.05) is 0 Å². The molecular weight excluding hydrogens is 250 g/mol.